The molecule has 2 aromatic carbocycles. The molecule has 1 unspecified atom stereocenters. The fourth-order valence-corrected chi connectivity index (χ4v) is 7.01. The number of fused-ring (bicyclic) bond motifs is 1. The van der Waals surface area contributed by atoms with Gasteiger partial charge in [-0.15, -0.1) is 0 Å². The lowest BCUT2D eigenvalue weighted by atomic mass is 9.96. The van der Waals surface area contributed by atoms with Crippen molar-refractivity contribution < 1.29 is 36.7 Å². The number of hydrogen-bond acceptors (Lipinski definition) is 8. The van der Waals surface area contributed by atoms with E-state index in [-0.39, 0.29) is 43.0 Å². The van der Waals surface area contributed by atoms with Crippen LogP contribution in [0, 0.1) is 17.6 Å². The Bertz CT molecular complexity index is 1740. The molecule has 1 atom stereocenters. The molecule has 1 saturated heterocycles. The molecule has 0 radical (unpaired) electrons. The smallest absolute Gasteiger partial charge is 0.308 e. The number of aromatic nitrogens is 2. The van der Waals surface area contributed by atoms with E-state index in [0.29, 0.717) is 48.1 Å². The summed E-state index contributed by atoms with van der Waals surface area (Å²) in [6, 6.07) is 5.00. The van der Waals surface area contributed by atoms with E-state index in [2.05, 4.69) is 15.5 Å². The molecule has 44 heavy (non-hydrogen) atoms. The first-order valence-electron chi connectivity index (χ1n) is 13.7. The van der Waals surface area contributed by atoms with Crippen molar-refractivity contribution in [3.63, 3.8) is 0 Å². The summed E-state index contributed by atoms with van der Waals surface area (Å²) >= 11 is 0. The Balaban J connectivity index is 1.47. The van der Waals surface area contributed by atoms with Crippen LogP contribution in [-0.2, 0) is 27.8 Å². The number of H-pyrrole nitrogens is 1. The van der Waals surface area contributed by atoms with Gasteiger partial charge >= 0.3 is 5.97 Å². The van der Waals surface area contributed by atoms with Gasteiger partial charge in [0.05, 0.1) is 33.3 Å². The average Bonchev–Trinajstić information content (AvgIpc) is 3.37. The van der Waals surface area contributed by atoms with E-state index in [9.17, 15) is 36.7 Å². The Labute approximate surface area is 251 Å². The molecule has 1 fully saturated rings. The van der Waals surface area contributed by atoms with Crippen LogP contribution in [0.5, 0.6) is 0 Å². The molecule has 234 valence electrons. The maximum atomic E-state index is 13.8. The van der Waals surface area contributed by atoms with Crippen LogP contribution in [0.4, 0.5) is 26.0 Å². The Kier molecular flexibility index (Phi) is 8.31. The third-order valence-corrected chi connectivity index (χ3v) is 9.65. The number of halogens is 2. The van der Waals surface area contributed by atoms with Gasteiger partial charge in [0.2, 0.25) is 15.9 Å². The van der Waals surface area contributed by atoms with Gasteiger partial charge in [-0.25, -0.2) is 17.2 Å². The van der Waals surface area contributed by atoms with E-state index < -0.39 is 50.3 Å². The normalized spacial score (nSPS) is 17.2. The van der Waals surface area contributed by atoms with Gasteiger partial charge in [0.25, 0.3) is 5.91 Å². The molecule has 2 aliphatic heterocycles. The van der Waals surface area contributed by atoms with Gasteiger partial charge < -0.3 is 26.0 Å². The van der Waals surface area contributed by atoms with Gasteiger partial charge in [-0.1, -0.05) is 0 Å². The molecule has 5 N–H and O–H groups in total. The maximum absolute atomic E-state index is 13.8. The van der Waals surface area contributed by atoms with Gasteiger partial charge in [0.15, 0.2) is 5.82 Å². The highest BCUT2D eigenvalue weighted by molar-refractivity contribution is 7.89. The molecule has 16 heteroatoms. The predicted octanol–water partition coefficient (Wildman–Crippen LogP) is 2.15. The van der Waals surface area contributed by atoms with E-state index in [4.69, 9.17) is 5.73 Å². The maximum Gasteiger partial charge on any atom is 0.308 e. The number of primary amides is 1. The number of carboxylic acids is 1. The van der Waals surface area contributed by atoms with Crippen molar-refractivity contribution >= 4 is 45.0 Å². The van der Waals surface area contributed by atoms with Crippen LogP contribution in [-0.4, -0.2) is 79.5 Å². The molecule has 0 saturated carbocycles. The summed E-state index contributed by atoms with van der Waals surface area (Å²) in [5, 5.41) is 19.2. The topological polar surface area (TPSA) is 182 Å². The number of piperidine rings is 1. The highest BCUT2D eigenvalue weighted by atomic mass is 32.2. The second kappa shape index (κ2) is 11.8. The first kappa shape index (κ1) is 30.9. The van der Waals surface area contributed by atoms with Crippen LogP contribution in [0.25, 0.3) is 0 Å². The number of aromatic amines is 1. The van der Waals surface area contributed by atoms with Crippen molar-refractivity contribution in [3.05, 3.63) is 64.4 Å². The number of rotatable bonds is 8. The number of sulfonamides is 1. The SMILES string of the molecule is CN(C)c1cc(C(N)=O)c(C(=O)Nc2n[nH]c3c2CN(S(=O)(=O)c2cc(F)cc(F)c2)CC3)cc1N1CCCC(C(=O)O)C1. The Morgan fingerprint density at radius 1 is 1.09 bits per heavy atom. The standard InChI is InChI=1S/C28H31F2N7O6S/c1-35(2)23-11-19(25(31)38)20(12-24(23)36-6-3-4-15(13-36)28(40)41)27(39)32-26-21-14-37(7-5-22(21)33-34-26)44(42,43)18-9-16(29)8-17(30)10-18/h8-12,15H,3-7,13-14H2,1-2H3,(H2,31,38)(H,40,41)(H2,32,33,34,39). The van der Waals surface area contributed by atoms with E-state index >= 15 is 0 Å². The second-order valence-electron chi connectivity index (χ2n) is 10.9. The lowest BCUT2D eigenvalue weighted by molar-refractivity contribution is -0.141. The van der Waals surface area contributed by atoms with Crippen molar-refractivity contribution in [2.24, 2.45) is 11.7 Å². The minimum absolute atomic E-state index is 0.00258. The molecule has 5 rings (SSSR count). The number of carbonyl (C=O) groups excluding carboxylic acids is 2. The number of nitrogens with zero attached hydrogens (tertiary/aromatic N) is 4. The monoisotopic (exact) mass is 631 g/mol. The minimum Gasteiger partial charge on any atom is -0.481 e. The fourth-order valence-electron chi connectivity index (χ4n) is 5.56. The summed E-state index contributed by atoms with van der Waals surface area (Å²) in [4.78, 5) is 40.9. The average molecular weight is 632 g/mol. The number of amides is 2. The summed E-state index contributed by atoms with van der Waals surface area (Å²) in [7, 11) is -0.807. The molecule has 0 bridgehead atoms. The highest BCUT2D eigenvalue weighted by Gasteiger charge is 2.33. The van der Waals surface area contributed by atoms with E-state index in [1.165, 1.54) is 12.1 Å². The zero-order valence-electron chi connectivity index (χ0n) is 23.9. The molecule has 0 spiro atoms. The lowest BCUT2D eigenvalue weighted by Gasteiger charge is -2.35. The molecule has 3 heterocycles. The number of nitrogens with two attached hydrogens (primary N) is 1. The van der Waals surface area contributed by atoms with Gasteiger partial charge in [-0.2, -0.15) is 9.40 Å². The molecule has 2 aliphatic rings. The fraction of sp³-hybridized carbons (Fsp3) is 0.357. The number of hydrogen-bond donors (Lipinski definition) is 4. The van der Waals surface area contributed by atoms with Crippen molar-refractivity contribution in [2.75, 3.05) is 48.8 Å². The number of nitrogens with one attached hydrogen (secondary N) is 2. The Morgan fingerprint density at radius 2 is 1.80 bits per heavy atom. The van der Waals surface area contributed by atoms with Crippen molar-refractivity contribution in [1.82, 2.24) is 14.5 Å². The van der Waals surface area contributed by atoms with Crippen molar-refractivity contribution in [3.8, 4) is 0 Å². The summed E-state index contributed by atoms with van der Waals surface area (Å²) in [5.41, 5.74) is 7.51. The van der Waals surface area contributed by atoms with Gasteiger partial charge in [-0.3, -0.25) is 19.5 Å². The number of carbonyl (C=O) groups is 3. The third kappa shape index (κ3) is 5.94. The molecule has 2 amide bonds. The second-order valence-corrected chi connectivity index (χ2v) is 12.9. The number of benzene rings is 2. The third-order valence-electron chi connectivity index (χ3n) is 7.82. The van der Waals surface area contributed by atoms with E-state index in [1.807, 2.05) is 4.90 Å². The lowest BCUT2D eigenvalue weighted by Crippen LogP contribution is -2.39. The van der Waals surface area contributed by atoms with Crippen LogP contribution in [0.15, 0.2) is 35.2 Å². The number of carboxylic acid groups (broad SMARTS) is 1. The summed E-state index contributed by atoms with van der Waals surface area (Å²) in [6.45, 7) is 0.491. The van der Waals surface area contributed by atoms with Crippen molar-refractivity contribution in [1.29, 1.82) is 0 Å². The zero-order valence-corrected chi connectivity index (χ0v) is 24.7. The Morgan fingerprint density at radius 3 is 2.43 bits per heavy atom. The van der Waals surface area contributed by atoms with Gasteiger partial charge in [0, 0.05) is 64.0 Å². The first-order valence-corrected chi connectivity index (χ1v) is 15.2. The van der Waals surface area contributed by atoms with E-state index in [0.717, 1.165) is 16.4 Å². The molecule has 0 aliphatic carbocycles. The number of aliphatic carboxylic acids is 1. The zero-order chi connectivity index (χ0) is 31.9. The minimum atomic E-state index is -4.30. The van der Waals surface area contributed by atoms with Crippen LogP contribution in [0.3, 0.4) is 0 Å². The van der Waals surface area contributed by atoms with E-state index in [1.54, 1.807) is 19.0 Å². The summed E-state index contributed by atoms with van der Waals surface area (Å²) in [6.07, 6.45) is 1.31. The summed E-state index contributed by atoms with van der Waals surface area (Å²) < 4.78 is 55.0. The number of anilines is 3. The molecule has 1 aromatic heterocycles. The molecule has 3 aromatic rings. The summed E-state index contributed by atoms with van der Waals surface area (Å²) in [5.74, 6) is -5.21. The van der Waals surface area contributed by atoms with Gasteiger partial charge in [-0.05, 0) is 37.1 Å². The molecule has 13 nitrogen and oxygen atoms in total. The molecular weight excluding hydrogens is 600 g/mol. The van der Waals surface area contributed by atoms with Crippen molar-refractivity contribution in [2.45, 2.75) is 30.7 Å². The quantitative estimate of drug-likeness (QED) is 0.290. The van der Waals surface area contributed by atoms with Crippen LogP contribution in [0.1, 0.15) is 44.8 Å². The van der Waals surface area contributed by atoms with Gasteiger partial charge in [0.1, 0.15) is 11.6 Å². The highest BCUT2D eigenvalue weighted by Crippen LogP contribution is 2.36. The Hall–Kier alpha value is -4.57. The van der Waals surface area contributed by atoms with Crippen LogP contribution >= 0.6 is 0 Å². The van der Waals surface area contributed by atoms with Crippen LogP contribution < -0.4 is 20.9 Å². The predicted molar refractivity (Wildman–Crippen MR) is 156 cm³/mol. The molecular formula is C28H31F2N7O6S. The van der Waals surface area contributed by atoms with Crippen LogP contribution in [0.2, 0.25) is 0 Å². The first-order chi connectivity index (χ1) is 20.8. The largest absolute Gasteiger partial charge is 0.481 e.